The molecule has 146 valence electrons. The van der Waals surface area contributed by atoms with E-state index in [4.69, 9.17) is 9.47 Å². The van der Waals surface area contributed by atoms with Crippen molar-refractivity contribution in [3.05, 3.63) is 22.8 Å². The highest BCUT2D eigenvalue weighted by molar-refractivity contribution is 5.88. The summed E-state index contributed by atoms with van der Waals surface area (Å²) in [4.78, 5) is 11.6. The Hall–Kier alpha value is -1.97. The molecule has 1 aromatic rings. The van der Waals surface area contributed by atoms with E-state index in [1.807, 2.05) is 6.07 Å². The molecule has 1 heterocycles. The highest BCUT2D eigenvalue weighted by Gasteiger charge is 2.51. The minimum atomic E-state index is -0.00487. The number of aldehydes is 1. The normalized spacial score (nSPS) is 33.0. The van der Waals surface area contributed by atoms with Crippen molar-refractivity contribution in [2.75, 3.05) is 6.79 Å². The van der Waals surface area contributed by atoms with E-state index in [1.54, 1.807) is 0 Å². The molecule has 0 bridgehead atoms. The molecule has 4 heteroatoms. The summed E-state index contributed by atoms with van der Waals surface area (Å²) in [5.74, 6) is 1.99. The first-order valence-corrected chi connectivity index (χ1v) is 10.1. The van der Waals surface area contributed by atoms with E-state index in [-0.39, 0.29) is 23.5 Å². The van der Waals surface area contributed by atoms with Crippen LogP contribution in [-0.4, -0.2) is 18.2 Å². The van der Waals surface area contributed by atoms with E-state index in [9.17, 15) is 9.90 Å². The third-order valence-electron chi connectivity index (χ3n) is 7.44. The van der Waals surface area contributed by atoms with E-state index in [2.05, 4.69) is 33.8 Å². The van der Waals surface area contributed by atoms with Gasteiger partial charge in [-0.25, -0.2) is 0 Å². The predicted octanol–water partition coefficient (Wildman–Crippen LogP) is 5.58. The lowest BCUT2D eigenvalue weighted by Gasteiger charge is -2.56. The lowest BCUT2D eigenvalue weighted by Crippen LogP contribution is -2.47. The molecule has 1 N–H and O–H groups in total. The first kappa shape index (κ1) is 18.4. The fourth-order valence-electron chi connectivity index (χ4n) is 6.08. The van der Waals surface area contributed by atoms with Gasteiger partial charge in [0.25, 0.3) is 0 Å². The molecule has 3 atom stereocenters. The first-order valence-electron chi connectivity index (χ1n) is 10.1. The number of aromatic hydroxyl groups is 1. The van der Waals surface area contributed by atoms with Gasteiger partial charge >= 0.3 is 0 Å². The van der Waals surface area contributed by atoms with Crippen molar-refractivity contribution < 1.29 is 19.4 Å². The summed E-state index contributed by atoms with van der Waals surface area (Å²) in [5.41, 5.74) is 2.71. The minimum Gasteiger partial charge on any atom is -0.506 e. The highest BCUT2D eigenvalue weighted by Crippen LogP contribution is 2.61. The number of ether oxygens (including phenoxy) is 2. The van der Waals surface area contributed by atoms with E-state index in [1.165, 1.54) is 37.7 Å². The van der Waals surface area contributed by atoms with Crippen molar-refractivity contribution in [2.45, 2.75) is 59.8 Å². The van der Waals surface area contributed by atoms with Crippen LogP contribution >= 0.6 is 0 Å². The summed E-state index contributed by atoms with van der Waals surface area (Å²) in [6.07, 6.45) is 8.90. The number of phenolic OH excluding ortho intramolecular Hbond substituents is 1. The average molecular weight is 370 g/mol. The van der Waals surface area contributed by atoms with Crippen LogP contribution in [0.2, 0.25) is 0 Å². The van der Waals surface area contributed by atoms with Crippen LogP contribution in [0.4, 0.5) is 0 Å². The number of allylic oxidation sites excluding steroid dienone is 1. The third kappa shape index (κ3) is 2.76. The number of hydrogen-bond acceptors (Lipinski definition) is 4. The first-order chi connectivity index (χ1) is 12.8. The van der Waals surface area contributed by atoms with E-state index in [0.29, 0.717) is 40.6 Å². The van der Waals surface area contributed by atoms with E-state index >= 15 is 0 Å². The Bertz CT molecular complexity index is 807. The molecular weight excluding hydrogens is 340 g/mol. The van der Waals surface area contributed by atoms with Gasteiger partial charge in [-0.05, 0) is 54.4 Å². The Kier molecular flexibility index (Phi) is 4.28. The number of hydrogen-bond donors (Lipinski definition) is 1. The summed E-state index contributed by atoms with van der Waals surface area (Å²) in [5, 5.41) is 10.7. The van der Waals surface area contributed by atoms with Crippen molar-refractivity contribution in [3.8, 4) is 17.2 Å². The van der Waals surface area contributed by atoms with Crippen molar-refractivity contribution in [2.24, 2.45) is 22.7 Å². The highest BCUT2D eigenvalue weighted by atomic mass is 16.7. The number of rotatable bonds is 2. The number of benzene rings is 1. The zero-order valence-electron chi connectivity index (χ0n) is 16.8. The van der Waals surface area contributed by atoms with Crippen molar-refractivity contribution in [3.63, 3.8) is 0 Å². The molecule has 0 spiro atoms. The molecule has 2 aliphatic carbocycles. The number of carbonyl (C=O) groups is 1. The smallest absolute Gasteiger partial charge is 0.231 e. The second-order valence-electron chi connectivity index (χ2n) is 9.47. The van der Waals surface area contributed by atoms with E-state index < -0.39 is 0 Å². The largest absolute Gasteiger partial charge is 0.506 e. The molecule has 0 saturated heterocycles. The molecule has 2 saturated carbocycles. The molecule has 4 nitrogen and oxygen atoms in total. The van der Waals surface area contributed by atoms with Crippen molar-refractivity contribution >= 4 is 12.4 Å². The van der Waals surface area contributed by atoms with Gasteiger partial charge in [-0.15, -0.1) is 0 Å². The van der Waals surface area contributed by atoms with Crippen LogP contribution in [-0.2, 0) is 0 Å². The lowest BCUT2D eigenvalue weighted by atomic mass is 9.48. The van der Waals surface area contributed by atoms with Gasteiger partial charge in [-0.1, -0.05) is 45.8 Å². The van der Waals surface area contributed by atoms with Crippen LogP contribution in [0.1, 0.15) is 75.7 Å². The van der Waals surface area contributed by atoms with Crippen LogP contribution in [0, 0.1) is 22.7 Å². The van der Waals surface area contributed by atoms with Gasteiger partial charge in [-0.2, -0.15) is 0 Å². The molecule has 0 aromatic heterocycles. The molecule has 1 aliphatic heterocycles. The Morgan fingerprint density at radius 1 is 1.19 bits per heavy atom. The fourth-order valence-corrected chi connectivity index (χ4v) is 6.08. The molecule has 3 aliphatic rings. The van der Waals surface area contributed by atoms with Gasteiger partial charge < -0.3 is 14.6 Å². The Labute approximate surface area is 161 Å². The number of fused-ring (bicyclic) bond motifs is 2. The molecule has 0 radical (unpaired) electrons. The maximum absolute atomic E-state index is 11.6. The van der Waals surface area contributed by atoms with Crippen LogP contribution in [0.15, 0.2) is 11.6 Å². The summed E-state index contributed by atoms with van der Waals surface area (Å²) in [6.45, 7) is 9.60. The van der Waals surface area contributed by atoms with Gasteiger partial charge in [0.2, 0.25) is 6.79 Å². The SMILES string of the molecule is C[C@@H]1CC[C@@H]2C(C)(C)CCC[C@@]2(C)/C1=C/c1cc2c(c(C=O)c1O)OCO2. The van der Waals surface area contributed by atoms with Crippen molar-refractivity contribution in [1.29, 1.82) is 0 Å². The summed E-state index contributed by atoms with van der Waals surface area (Å²) < 4.78 is 10.9. The molecule has 0 amide bonds. The van der Waals surface area contributed by atoms with Crippen LogP contribution in [0.25, 0.3) is 6.08 Å². The number of carbonyl (C=O) groups excluding carboxylic acids is 1. The van der Waals surface area contributed by atoms with Gasteiger partial charge in [-0.3, -0.25) is 4.79 Å². The molecule has 27 heavy (non-hydrogen) atoms. The minimum absolute atomic E-state index is 0.00487. The van der Waals surface area contributed by atoms with E-state index in [0.717, 1.165) is 0 Å². The summed E-state index contributed by atoms with van der Waals surface area (Å²) in [7, 11) is 0. The molecular formula is C23H30O4. The standard InChI is InChI=1S/C23H30O4/c1-14-6-7-19-22(2,3)8-5-9-23(19,4)17(14)10-15-11-18-21(27-13-26-18)16(12-24)20(15)25/h10-12,14,19,25H,5-9,13H2,1-4H3/b17-10+/t14-,19-,23+/m1/s1. The van der Waals surface area contributed by atoms with Crippen LogP contribution in [0.5, 0.6) is 17.2 Å². The van der Waals surface area contributed by atoms with Gasteiger partial charge in [0, 0.05) is 5.56 Å². The van der Waals surface area contributed by atoms with Crippen LogP contribution < -0.4 is 9.47 Å². The van der Waals surface area contributed by atoms with Gasteiger partial charge in [0.05, 0.1) is 0 Å². The van der Waals surface area contributed by atoms with Crippen LogP contribution in [0.3, 0.4) is 0 Å². The Morgan fingerprint density at radius 2 is 1.96 bits per heavy atom. The lowest BCUT2D eigenvalue weighted by molar-refractivity contribution is -0.00534. The maximum Gasteiger partial charge on any atom is 0.231 e. The molecule has 0 unspecified atom stereocenters. The second-order valence-corrected chi connectivity index (χ2v) is 9.47. The predicted molar refractivity (Wildman–Crippen MR) is 105 cm³/mol. The maximum atomic E-state index is 11.6. The van der Waals surface area contributed by atoms with Gasteiger partial charge in [0.15, 0.2) is 17.8 Å². The fraction of sp³-hybridized carbons (Fsp3) is 0.609. The average Bonchev–Trinajstić information content (AvgIpc) is 3.05. The monoisotopic (exact) mass is 370 g/mol. The zero-order valence-corrected chi connectivity index (χ0v) is 16.8. The summed E-state index contributed by atoms with van der Waals surface area (Å²) in [6, 6.07) is 1.81. The number of phenols is 1. The molecule has 4 rings (SSSR count). The quantitative estimate of drug-likeness (QED) is 0.691. The van der Waals surface area contributed by atoms with Gasteiger partial charge in [0.1, 0.15) is 11.3 Å². The molecule has 2 fully saturated rings. The Morgan fingerprint density at radius 3 is 2.70 bits per heavy atom. The topological polar surface area (TPSA) is 55.8 Å². The second kappa shape index (κ2) is 6.29. The van der Waals surface area contributed by atoms with Crippen molar-refractivity contribution in [1.82, 2.24) is 0 Å². The third-order valence-corrected chi connectivity index (χ3v) is 7.44. The zero-order chi connectivity index (χ0) is 19.4. The summed E-state index contributed by atoms with van der Waals surface area (Å²) >= 11 is 0. The Balaban J connectivity index is 1.84. The molecule has 1 aromatic carbocycles.